The molecule has 0 bridgehead atoms. The zero-order chi connectivity index (χ0) is 0. The van der Waals surface area contributed by atoms with Crippen molar-refractivity contribution in [3.05, 3.63) is 0 Å². The van der Waals surface area contributed by atoms with Crippen LogP contribution in [0.25, 0.3) is 0 Å². The molecule has 0 rings (SSSR count). The molecule has 1 radical (unpaired) electrons. The van der Waals surface area contributed by atoms with Crippen LogP contribution in [0.4, 0.5) is 0 Å². The molecular weight excluding hydrogens is 221 g/mol. The third kappa shape index (κ3) is 9.35. The van der Waals surface area contributed by atoms with E-state index >= 15 is 0 Å². The topological polar surface area (TPSA) is 35.0 Å². The minimum Gasteiger partial charge on any atom is -0.344 e. The molecule has 0 saturated heterocycles. The second-order valence-electron chi connectivity index (χ2n) is 0. The van der Waals surface area contributed by atoms with Gasteiger partial charge in [0.2, 0.25) is 0 Å². The van der Waals surface area contributed by atoms with Gasteiger partial charge in [-0.2, -0.15) is 0 Å². The molecule has 0 aliphatic heterocycles. The molecule has 0 fully saturated rings. The molecule has 0 atom stereocenters. The second kappa shape index (κ2) is 22.4. The van der Waals surface area contributed by atoms with E-state index in [2.05, 4.69) is 0 Å². The van der Waals surface area contributed by atoms with E-state index in [1.165, 1.54) is 0 Å². The molecule has 0 heterocycles. The van der Waals surface area contributed by atoms with Gasteiger partial charge in [-0.05, 0) is 0 Å². The zero-order valence-electron chi connectivity index (χ0n) is 1.86. The van der Waals surface area contributed by atoms with Gasteiger partial charge in [0, 0.05) is 55.2 Å². The molecule has 0 aliphatic carbocycles. The zero-order valence-corrected chi connectivity index (χ0v) is 6.18. The molecule has 4 heteroatoms. The first-order chi connectivity index (χ1) is 0. The van der Waals surface area contributed by atoms with Crippen molar-refractivity contribution >= 4 is 0 Å². The van der Waals surface area contributed by atoms with E-state index in [9.17, 15) is 0 Å². The average molecular weight is 224 g/mol. The van der Waals surface area contributed by atoms with Crippen LogP contribution in [0.3, 0.4) is 0 Å². The maximum atomic E-state index is 0. The summed E-state index contributed by atoms with van der Waals surface area (Å²) in [7, 11) is 0. The van der Waals surface area contributed by atoms with Crippen molar-refractivity contribution in [2.24, 2.45) is 0 Å². The predicted molar refractivity (Wildman–Crippen MR) is 5.02 cm³/mol. The first-order valence-electron chi connectivity index (χ1n) is 0. The Hall–Kier alpha value is 1.69. The average Bonchev–Trinajstić information content (AvgIpc) is 0. The van der Waals surface area contributed by atoms with Crippen molar-refractivity contribution in [1.82, 2.24) is 6.15 Å². The summed E-state index contributed by atoms with van der Waals surface area (Å²) in [6.45, 7) is 0. The second-order valence-corrected chi connectivity index (χ2v) is 0. The van der Waals surface area contributed by atoms with E-state index in [0.717, 1.165) is 0 Å². The van der Waals surface area contributed by atoms with Gasteiger partial charge in [-0.1, -0.05) is 0 Å². The summed E-state index contributed by atoms with van der Waals surface area (Å²) in [5.74, 6) is 0. The third-order valence-electron chi connectivity index (χ3n) is 0. The molecule has 3 N–H and O–H groups in total. The molecule has 29 valence electrons. The summed E-state index contributed by atoms with van der Waals surface area (Å²) in [5.41, 5.74) is 0. The Morgan fingerprint density at radius 3 is 1.00 bits per heavy atom. The molecule has 0 aromatic rings. The van der Waals surface area contributed by atoms with Crippen LogP contribution in [-0.4, -0.2) is 0 Å². The quantitative estimate of drug-likeness (QED) is 0.584. The van der Waals surface area contributed by atoms with E-state index in [-0.39, 0.29) is 61.4 Å². The molecule has 0 saturated carbocycles. The van der Waals surface area contributed by atoms with Gasteiger partial charge >= 0.3 is 0 Å². The van der Waals surface area contributed by atoms with Crippen LogP contribution in [0.5, 0.6) is 0 Å². The minimum atomic E-state index is 0. The Bertz CT molecular complexity index is 8.00. The monoisotopic (exact) mass is 226 g/mol. The van der Waals surface area contributed by atoms with Crippen molar-refractivity contribution in [1.29, 1.82) is 0 Å². The van der Waals surface area contributed by atoms with Crippen LogP contribution < -0.4 is 6.15 Å². The van der Waals surface area contributed by atoms with Crippen LogP contribution in [0.15, 0.2) is 0 Å². The molecular formula is H3CoCrMoN. The summed E-state index contributed by atoms with van der Waals surface area (Å²) < 4.78 is 0. The van der Waals surface area contributed by atoms with Gasteiger partial charge in [-0.15, -0.1) is 0 Å². The van der Waals surface area contributed by atoms with Crippen molar-refractivity contribution in [3.8, 4) is 0 Å². The Morgan fingerprint density at radius 2 is 1.00 bits per heavy atom. The fourth-order valence-electron chi connectivity index (χ4n) is 0. The van der Waals surface area contributed by atoms with Gasteiger partial charge < -0.3 is 6.15 Å². The van der Waals surface area contributed by atoms with Crippen LogP contribution in [0.2, 0.25) is 0 Å². The van der Waals surface area contributed by atoms with Gasteiger partial charge in [0.25, 0.3) is 0 Å². The smallest absolute Gasteiger partial charge is 0 e. The van der Waals surface area contributed by atoms with E-state index in [0.29, 0.717) is 0 Å². The SMILES string of the molecule is N.[Co].[Cr].[Mo]. The summed E-state index contributed by atoms with van der Waals surface area (Å²) >= 11 is 0. The van der Waals surface area contributed by atoms with Gasteiger partial charge in [-0.3, -0.25) is 0 Å². The van der Waals surface area contributed by atoms with E-state index in [1.54, 1.807) is 0 Å². The summed E-state index contributed by atoms with van der Waals surface area (Å²) in [4.78, 5) is 0. The molecule has 0 aliphatic rings. The summed E-state index contributed by atoms with van der Waals surface area (Å²) in [6, 6.07) is 0. The van der Waals surface area contributed by atoms with Gasteiger partial charge in [0.05, 0.1) is 0 Å². The van der Waals surface area contributed by atoms with Crippen molar-refractivity contribution in [2.45, 2.75) is 0 Å². The van der Waals surface area contributed by atoms with E-state index in [1.807, 2.05) is 0 Å². The van der Waals surface area contributed by atoms with Crippen LogP contribution in [-0.2, 0) is 55.2 Å². The fourth-order valence-corrected chi connectivity index (χ4v) is 0. The Kier molecular flexibility index (Phi) is 246. The Morgan fingerprint density at radius 1 is 1.00 bits per heavy atom. The van der Waals surface area contributed by atoms with Crippen LogP contribution >= 0.6 is 0 Å². The summed E-state index contributed by atoms with van der Waals surface area (Å²) in [6.07, 6.45) is 0. The maximum Gasteiger partial charge on any atom is 0 e. The van der Waals surface area contributed by atoms with Gasteiger partial charge in [0.15, 0.2) is 0 Å². The fraction of sp³-hybridized carbons (Fsp3) is 0. The standard InChI is InChI=1S/Co.Cr.Mo.H3N/h;;;1H3. The van der Waals surface area contributed by atoms with Crippen LogP contribution in [0.1, 0.15) is 0 Å². The number of hydrogen-bond acceptors (Lipinski definition) is 1. The molecule has 4 heavy (non-hydrogen) atoms. The Labute approximate surface area is 61.1 Å². The maximum absolute atomic E-state index is 0. The Balaban J connectivity index is 0. The van der Waals surface area contributed by atoms with Gasteiger partial charge in [-0.25, -0.2) is 0 Å². The van der Waals surface area contributed by atoms with Crippen molar-refractivity contribution < 1.29 is 55.2 Å². The number of hydrogen-bond donors (Lipinski definition) is 1. The molecule has 0 amide bonds. The molecule has 0 aromatic heterocycles. The largest absolute Gasteiger partial charge is 0.344 e. The predicted octanol–water partition coefficient (Wildman–Crippen LogP) is 0.154. The first kappa shape index (κ1) is 43.9. The van der Waals surface area contributed by atoms with Crippen LogP contribution in [0, 0.1) is 0 Å². The third-order valence-corrected chi connectivity index (χ3v) is 0. The van der Waals surface area contributed by atoms with E-state index < -0.39 is 0 Å². The first-order valence-corrected chi connectivity index (χ1v) is 0. The molecule has 0 aromatic carbocycles. The van der Waals surface area contributed by atoms with Crippen molar-refractivity contribution in [2.75, 3.05) is 0 Å². The molecule has 0 unspecified atom stereocenters. The normalized spacial score (nSPS) is 0. The molecule has 1 nitrogen and oxygen atoms in total. The minimum absolute atomic E-state index is 0. The van der Waals surface area contributed by atoms with E-state index in [4.69, 9.17) is 0 Å². The summed E-state index contributed by atoms with van der Waals surface area (Å²) in [5, 5.41) is 0. The van der Waals surface area contributed by atoms with Crippen molar-refractivity contribution in [3.63, 3.8) is 0 Å². The molecule has 0 spiro atoms. The van der Waals surface area contributed by atoms with Gasteiger partial charge in [0.1, 0.15) is 0 Å². The number of rotatable bonds is 0.